The second kappa shape index (κ2) is 4.00. The maximum atomic E-state index is 5.57. The van der Waals surface area contributed by atoms with Crippen molar-refractivity contribution in [3.63, 3.8) is 0 Å². The van der Waals surface area contributed by atoms with Gasteiger partial charge in [0, 0.05) is 19.4 Å². The molecule has 0 saturated carbocycles. The first-order chi connectivity index (χ1) is 7.25. The van der Waals surface area contributed by atoms with Crippen LogP contribution >= 0.6 is 0 Å². The van der Waals surface area contributed by atoms with E-state index in [0.717, 1.165) is 11.6 Å². The molecule has 0 radical (unpaired) electrons. The predicted molar refractivity (Wildman–Crippen MR) is 59.2 cm³/mol. The van der Waals surface area contributed by atoms with Crippen LogP contribution in [0.25, 0.3) is 0 Å². The van der Waals surface area contributed by atoms with Crippen molar-refractivity contribution in [2.45, 2.75) is 6.54 Å². The van der Waals surface area contributed by atoms with Gasteiger partial charge in [-0.05, 0) is 12.1 Å². The monoisotopic (exact) mass is 203 g/mol. The number of hydrogen-bond acceptors (Lipinski definition) is 4. The van der Waals surface area contributed by atoms with E-state index < -0.39 is 0 Å². The molecule has 0 aliphatic heterocycles. The van der Waals surface area contributed by atoms with E-state index in [2.05, 4.69) is 15.3 Å². The van der Waals surface area contributed by atoms with Gasteiger partial charge in [-0.3, -0.25) is 0 Å². The van der Waals surface area contributed by atoms with E-state index in [0.29, 0.717) is 12.4 Å². The van der Waals surface area contributed by atoms with Crippen molar-refractivity contribution in [2.24, 2.45) is 7.05 Å². The number of nitrogens with zero attached hydrogens (tertiary/aromatic N) is 3. The van der Waals surface area contributed by atoms with Gasteiger partial charge < -0.3 is 15.6 Å². The summed E-state index contributed by atoms with van der Waals surface area (Å²) < 4.78 is 1.96. The summed E-state index contributed by atoms with van der Waals surface area (Å²) >= 11 is 0. The van der Waals surface area contributed by atoms with Crippen molar-refractivity contribution in [3.8, 4) is 0 Å². The van der Waals surface area contributed by atoms with Crippen molar-refractivity contribution in [3.05, 3.63) is 36.4 Å². The normalized spacial score (nSPS) is 10.2. The number of hydrogen-bond donors (Lipinski definition) is 2. The molecule has 5 heteroatoms. The number of rotatable bonds is 3. The molecule has 2 rings (SSSR count). The highest BCUT2D eigenvalue weighted by atomic mass is 15.1. The Labute approximate surface area is 88.0 Å². The summed E-state index contributed by atoms with van der Waals surface area (Å²) in [5.41, 5.74) is 5.57. The van der Waals surface area contributed by atoms with Crippen LogP contribution in [-0.4, -0.2) is 14.5 Å². The maximum Gasteiger partial charge on any atom is 0.128 e. The van der Waals surface area contributed by atoms with Crippen molar-refractivity contribution >= 4 is 11.6 Å². The lowest BCUT2D eigenvalue weighted by Crippen LogP contribution is -2.07. The van der Waals surface area contributed by atoms with Gasteiger partial charge in [0.05, 0.1) is 6.54 Å². The van der Waals surface area contributed by atoms with Gasteiger partial charge >= 0.3 is 0 Å². The van der Waals surface area contributed by atoms with E-state index in [1.54, 1.807) is 12.3 Å². The van der Waals surface area contributed by atoms with Gasteiger partial charge in [-0.2, -0.15) is 0 Å². The zero-order valence-corrected chi connectivity index (χ0v) is 8.51. The van der Waals surface area contributed by atoms with Gasteiger partial charge in [0.25, 0.3) is 0 Å². The highest BCUT2D eigenvalue weighted by molar-refractivity contribution is 5.42. The second-order valence-corrected chi connectivity index (χ2v) is 3.26. The number of pyridine rings is 1. The van der Waals surface area contributed by atoms with Gasteiger partial charge in [0.15, 0.2) is 0 Å². The number of anilines is 2. The maximum absolute atomic E-state index is 5.57. The van der Waals surface area contributed by atoms with Crippen LogP contribution in [0.2, 0.25) is 0 Å². The zero-order valence-electron chi connectivity index (χ0n) is 8.51. The highest BCUT2D eigenvalue weighted by Gasteiger charge is 1.99. The molecule has 15 heavy (non-hydrogen) atoms. The summed E-state index contributed by atoms with van der Waals surface area (Å²) in [6.45, 7) is 0.639. The van der Waals surface area contributed by atoms with E-state index in [9.17, 15) is 0 Å². The molecule has 78 valence electrons. The van der Waals surface area contributed by atoms with Crippen LogP contribution in [0.1, 0.15) is 5.82 Å². The fourth-order valence-corrected chi connectivity index (χ4v) is 1.29. The first-order valence-electron chi connectivity index (χ1n) is 4.68. The summed E-state index contributed by atoms with van der Waals surface area (Å²) in [6.07, 6.45) is 3.67. The van der Waals surface area contributed by atoms with Crippen LogP contribution in [0, 0.1) is 0 Å². The molecule has 0 fully saturated rings. The molecule has 0 atom stereocenters. The summed E-state index contributed by atoms with van der Waals surface area (Å²) in [5.74, 6) is 2.23. The molecule has 5 nitrogen and oxygen atoms in total. The third-order valence-electron chi connectivity index (χ3n) is 2.12. The number of nitrogens with two attached hydrogens (primary N) is 1. The molecule has 0 unspecified atom stereocenters. The lowest BCUT2D eigenvalue weighted by atomic mass is 10.4. The van der Waals surface area contributed by atoms with Gasteiger partial charge in [0.1, 0.15) is 17.5 Å². The number of nitrogens with one attached hydrogen (secondary N) is 1. The summed E-state index contributed by atoms with van der Waals surface area (Å²) in [6, 6.07) is 5.49. The van der Waals surface area contributed by atoms with Crippen LogP contribution in [0.3, 0.4) is 0 Å². The van der Waals surface area contributed by atoms with Crippen molar-refractivity contribution < 1.29 is 0 Å². The minimum absolute atomic E-state index is 0.514. The fraction of sp³-hybridized carbons (Fsp3) is 0.200. The number of imidazole rings is 1. The van der Waals surface area contributed by atoms with Crippen molar-refractivity contribution in [2.75, 3.05) is 11.1 Å². The Kier molecular flexibility index (Phi) is 2.53. The van der Waals surface area contributed by atoms with Gasteiger partial charge in [-0.25, -0.2) is 9.97 Å². The summed E-state index contributed by atoms with van der Waals surface area (Å²) in [7, 11) is 1.96. The molecule has 0 aliphatic carbocycles. The summed E-state index contributed by atoms with van der Waals surface area (Å²) in [5, 5.41) is 3.15. The van der Waals surface area contributed by atoms with Gasteiger partial charge in [-0.1, -0.05) is 6.07 Å². The number of aromatic nitrogens is 3. The quantitative estimate of drug-likeness (QED) is 0.781. The molecule has 0 spiro atoms. The lowest BCUT2D eigenvalue weighted by molar-refractivity contribution is 0.811. The Balaban J connectivity index is 2.02. The zero-order chi connectivity index (χ0) is 10.7. The average Bonchev–Trinajstić information content (AvgIpc) is 2.61. The molecule has 3 N–H and O–H groups in total. The Hall–Kier alpha value is -2.04. The standard InChI is InChI=1S/C10H13N5/c1-15-6-5-12-10(15)7-13-9-4-2-3-8(11)14-9/h2-6H,7H2,1H3,(H3,11,13,14). The molecule has 0 bridgehead atoms. The highest BCUT2D eigenvalue weighted by Crippen LogP contribution is 2.07. The largest absolute Gasteiger partial charge is 0.384 e. The van der Waals surface area contributed by atoms with Crippen LogP contribution in [0.5, 0.6) is 0 Å². The third kappa shape index (κ3) is 2.25. The minimum Gasteiger partial charge on any atom is -0.384 e. The summed E-state index contributed by atoms with van der Waals surface area (Å²) in [4.78, 5) is 8.33. The first kappa shape index (κ1) is 9.51. The van der Waals surface area contributed by atoms with Crippen LogP contribution < -0.4 is 11.1 Å². The Bertz CT molecular complexity index is 449. The molecular weight excluding hydrogens is 190 g/mol. The molecule has 0 amide bonds. The van der Waals surface area contributed by atoms with Crippen molar-refractivity contribution in [1.82, 2.24) is 14.5 Å². The minimum atomic E-state index is 0.514. The Morgan fingerprint density at radius 3 is 3.00 bits per heavy atom. The average molecular weight is 203 g/mol. The number of nitrogen functional groups attached to an aromatic ring is 1. The molecule has 2 heterocycles. The molecular formula is C10H13N5. The van der Waals surface area contributed by atoms with Gasteiger partial charge in [-0.15, -0.1) is 0 Å². The molecule has 0 saturated heterocycles. The van der Waals surface area contributed by atoms with E-state index in [-0.39, 0.29) is 0 Å². The first-order valence-corrected chi connectivity index (χ1v) is 4.68. The molecule has 2 aromatic rings. The topological polar surface area (TPSA) is 68.8 Å². The van der Waals surface area contributed by atoms with Crippen LogP contribution in [-0.2, 0) is 13.6 Å². The Morgan fingerprint density at radius 2 is 2.33 bits per heavy atom. The van der Waals surface area contributed by atoms with E-state index in [1.165, 1.54) is 0 Å². The van der Waals surface area contributed by atoms with E-state index in [4.69, 9.17) is 5.73 Å². The van der Waals surface area contributed by atoms with Crippen molar-refractivity contribution in [1.29, 1.82) is 0 Å². The third-order valence-corrected chi connectivity index (χ3v) is 2.12. The van der Waals surface area contributed by atoms with E-state index in [1.807, 2.05) is 29.9 Å². The Morgan fingerprint density at radius 1 is 1.47 bits per heavy atom. The van der Waals surface area contributed by atoms with E-state index >= 15 is 0 Å². The smallest absolute Gasteiger partial charge is 0.128 e. The predicted octanol–water partition coefficient (Wildman–Crippen LogP) is 1.01. The van der Waals surface area contributed by atoms with Crippen LogP contribution in [0.15, 0.2) is 30.6 Å². The van der Waals surface area contributed by atoms with Crippen LogP contribution in [0.4, 0.5) is 11.6 Å². The second-order valence-electron chi connectivity index (χ2n) is 3.26. The SMILES string of the molecule is Cn1ccnc1CNc1cccc(N)n1. The fourth-order valence-electron chi connectivity index (χ4n) is 1.29. The number of aryl methyl sites for hydroxylation is 1. The lowest BCUT2D eigenvalue weighted by Gasteiger charge is -2.05. The molecule has 0 aliphatic rings. The molecule has 0 aromatic carbocycles. The van der Waals surface area contributed by atoms with Gasteiger partial charge in [0.2, 0.25) is 0 Å². The molecule has 2 aromatic heterocycles.